The zero-order valence-electron chi connectivity index (χ0n) is 9.40. The molecule has 0 saturated heterocycles. The van der Waals surface area contributed by atoms with E-state index in [1.165, 1.54) is 0 Å². The first kappa shape index (κ1) is 11.9. The fraction of sp³-hybridized carbons (Fsp3) is 0.462. The number of carbonyl (C=O) groups excluding carboxylic acids is 1. The lowest BCUT2D eigenvalue weighted by molar-refractivity contribution is 0.0914. The van der Waals surface area contributed by atoms with Crippen molar-refractivity contribution in [1.82, 2.24) is 0 Å². The molecule has 1 unspecified atom stereocenters. The Balaban J connectivity index is 2.46. The molecule has 0 saturated carbocycles. The van der Waals surface area contributed by atoms with Crippen LogP contribution in [0.4, 0.5) is 0 Å². The Morgan fingerprint density at radius 3 is 2.60 bits per heavy atom. The fourth-order valence-corrected chi connectivity index (χ4v) is 1.55. The number of carbonyl (C=O) groups is 1. The van der Waals surface area contributed by atoms with Crippen LogP contribution in [0.5, 0.6) is 0 Å². The van der Waals surface area contributed by atoms with Crippen LogP contribution in [-0.2, 0) is 4.74 Å². The molecule has 0 radical (unpaired) electrons. The standard InChI is InChI=1S/C13H18O2/c1-11(7-6-10-15-2)13(14)12-8-4-3-5-9-12/h3-5,8-9,11H,6-7,10H2,1-2H3. The third kappa shape index (κ3) is 3.84. The van der Waals surface area contributed by atoms with E-state index in [0.717, 1.165) is 25.0 Å². The molecule has 0 fully saturated rings. The summed E-state index contributed by atoms with van der Waals surface area (Å²) < 4.78 is 4.97. The lowest BCUT2D eigenvalue weighted by Gasteiger charge is -2.09. The molecule has 2 heteroatoms. The first-order valence-corrected chi connectivity index (χ1v) is 5.34. The number of benzene rings is 1. The van der Waals surface area contributed by atoms with Crippen molar-refractivity contribution in [3.63, 3.8) is 0 Å². The van der Waals surface area contributed by atoms with E-state index in [1.807, 2.05) is 37.3 Å². The van der Waals surface area contributed by atoms with Crippen LogP contribution in [0.2, 0.25) is 0 Å². The van der Waals surface area contributed by atoms with Gasteiger partial charge >= 0.3 is 0 Å². The Hall–Kier alpha value is -1.15. The quantitative estimate of drug-likeness (QED) is 0.528. The smallest absolute Gasteiger partial charge is 0.165 e. The average Bonchev–Trinajstić information content (AvgIpc) is 2.29. The summed E-state index contributed by atoms with van der Waals surface area (Å²) >= 11 is 0. The van der Waals surface area contributed by atoms with Gasteiger partial charge in [0, 0.05) is 25.2 Å². The number of Topliss-reactive ketones (excluding diaryl/α,β-unsaturated/α-hetero) is 1. The Labute approximate surface area is 91.3 Å². The molecule has 0 aliphatic carbocycles. The summed E-state index contributed by atoms with van der Waals surface area (Å²) in [5.41, 5.74) is 0.808. The highest BCUT2D eigenvalue weighted by Crippen LogP contribution is 2.13. The van der Waals surface area contributed by atoms with Crippen LogP contribution < -0.4 is 0 Å². The zero-order valence-corrected chi connectivity index (χ0v) is 9.40. The highest BCUT2D eigenvalue weighted by molar-refractivity contribution is 5.97. The summed E-state index contributed by atoms with van der Waals surface area (Å²) in [5, 5.41) is 0. The molecule has 0 aromatic heterocycles. The number of ether oxygens (including phenoxy) is 1. The van der Waals surface area contributed by atoms with Crippen LogP contribution in [0.15, 0.2) is 30.3 Å². The molecule has 0 aliphatic heterocycles. The Morgan fingerprint density at radius 2 is 2.00 bits per heavy atom. The second kappa shape index (κ2) is 6.36. The minimum Gasteiger partial charge on any atom is -0.385 e. The van der Waals surface area contributed by atoms with Crippen LogP contribution in [0, 0.1) is 5.92 Å². The molecule has 0 aliphatic rings. The van der Waals surface area contributed by atoms with Gasteiger partial charge in [0.2, 0.25) is 0 Å². The van der Waals surface area contributed by atoms with E-state index in [9.17, 15) is 4.79 Å². The predicted molar refractivity (Wildman–Crippen MR) is 61.0 cm³/mol. The molecule has 82 valence electrons. The van der Waals surface area contributed by atoms with E-state index in [4.69, 9.17) is 4.74 Å². The molecular weight excluding hydrogens is 188 g/mol. The lowest BCUT2D eigenvalue weighted by atomic mass is 9.95. The van der Waals surface area contributed by atoms with Crippen molar-refractivity contribution in [2.24, 2.45) is 5.92 Å². The van der Waals surface area contributed by atoms with Crippen molar-refractivity contribution in [2.45, 2.75) is 19.8 Å². The highest BCUT2D eigenvalue weighted by Gasteiger charge is 2.13. The number of hydrogen-bond donors (Lipinski definition) is 0. The summed E-state index contributed by atoms with van der Waals surface area (Å²) in [7, 11) is 1.68. The van der Waals surface area contributed by atoms with Crippen LogP contribution in [0.1, 0.15) is 30.1 Å². The third-order valence-electron chi connectivity index (χ3n) is 2.49. The molecule has 1 atom stereocenters. The molecule has 1 aromatic rings. The average molecular weight is 206 g/mol. The molecule has 0 N–H and O–H groups in total. The molecule has 0 spiro atoms. The summed E-state index contributed by atoms with van der Waals surface area (Å²) in [6.45, 7) is 2.71. The van der Waals surface area contributed by atoms with Crippen molar-refractivity contribution in [2.75, 3.05) is 13.7 Å². The summed E-state index contributed by atoms with van der Waals surface area (Å²) in [4.78, 5) is 11.9. The maximum absolute atomic E-state index is 11.9. The fourth-order valence-electron chi connectivity index (χ4n) is 1.55. The number of methoxy groups -OCH3 is 1. The highest BCUT2D eigenvalue weighted by atomic mass is 16.5. The molecule has 2 nitrogen and oxygen atoms in total. The Morgan fingerprint density at radius 1 is 1.33 bits per heavy atom. The van der Waals surface area contributed by atoms with Gasteiger partial charge in [0.15, 0.2) is 5.78 Å². The Bertz CT molecular complexity index is 293. The second-order valence-corrected chi connectivity index (χ2v) is 3.77. The second-order valence-electron chi connectivity index (χ2n) is 3.77. The van der Waals surface area contributed by atoms with E-state index in [2.05, 4.69) is 0 Å². The first-order chi connectivity index (χ1) is 7.25. The molecule has 0 amide bonds. The van der Waals surface area contributed by atoms with E-state index < -0.39 is 0 Å². The largest absolute Gasteiger partial charge is 0.385 e. The van der Waals surface area contributed by atoms with Crippen molar-refractivity contribution >= 4 is 5.78 Å². The van der Waals surface area contributed by atoms with Crippen LogP contribution in [-0.4, -0.2) is 19.5 Å². The maximum Gasteiger partial charge on any atom is 0.165 e. The summed E-state index contributed by atoms with van der Waals surface area (Å²) in [6.07, 6.45) is 1.83. The van der Waals surface area contributed by atoms with E-state index in [-0.39, 0.29) is 11.7 Å². The summed E-state index contributed by atoms with van der Waals surface area (Å²) in [5.74, 6) is 0.314. The van der Waals surface area contributed by atoms with Gasteiger partial charge in [0.25, 0.3) is 0 Å². The van der Waals surface area contributed by atoms with Gasteiger partial charge < -0.3 is 4.74 Å². The van der Waals surface area contributed by atoms with Crippen molar-refractivity contribution in [1.29, 1.82) is 0 Å². The molecule has 1 aromatic carbocycles. The number of ketones is 1. The van der Waals surface area contributed by atoms with Gasteiger partial charge in [-0.1, -0.05) is 37.3 Å². The van der Waals surface area contributed by atoms with Gasteiger partial charge in [-0.05, 0) is 12.8 Å². The first-order valence-electron chi connectivity index (χ1n) is 5.34. The van der Waals surface area contributed by atoms with Gasteiger partial charge in [-0.25, -0.2) is 0 Å². The van der Waals surface area contributed by atoms with Crippen LogP contribution in [0.25, 0.3) is 0 Å². The van der Waals surface area contributed by atoms with Gasteiger partial charge in [-0.2, -0.15) is 0 Å². The summed E-state index contributed by atoms with van der Waals surface area (Å²) in [6, 6.07) is 9.46. The topological polar surface area (TPSA) is 26.3 Å². The van der Waals surface area contributed by atoms with Crippen molar-refractivity contribution < 1.29 is 9.53 Å². The number of rotatable bonds is 6. The Kier molecular flexibility index (Phi) is 5.05. The number of hydrogen-bond acceptors (Lipinski definition) is 2. The maximum atomic E-state index is 11.9. The molecule has 1 rings (SSSR count). The van der Waals surface area contributed by atoms with Gasteiger partial charge in [0.05, 0.1) is 0 Å². The van der Waals surface area contributed by atoms with Crippen molar-refractivity contribution in [3.05, 3.63) is 35.9 Å². The van der Waals surface area contributed by atoms with E-state index in [0.29, 0.717) is 0 Å². The van der Waals surface area contributed by atoms with E-state index >= 15 is 0 Å². The minimum absolute atomic E-state index is 0.0857. The van der Waals surface area contributed by atoms with Crippen molar-refractivity contribution in [3.8, 4) is 0 Å². The SMILES string of the molecule is COCCCC(C)C(=O)c1ccccc1. The minimum atomic E-state index is 0.0857. The van der Waals surface area contributed by atoms with Gasteiger partial charge in [-0.3, -0.25) is 4.79 Å². The van der Waals surface area contributed by atoms with Crippen LogP contribution >= 0.6 is 0 Å². The predicted octanol–water partition coefficient (Wildman–Crippen LogP) is 2.93. The normalized spacial score (nSPS) is 12.4. The van der Waals surface area contributed by atoms with Crippen LogP contribution in [0.3, 0.4) is 0 Å². The van der Waals surface area contributed by atoms with Gasteiger partial charge in [0.1, 0.15) is 0 Å². The molecule has 0 heterocycles. The zero-order chi connectivity index (χ0) is 11.1. The molecule has 15 heavy (non-hydrogen) atoms. The molecular formula is C13H18O2. The lowest BCUT2D eigenvalue weighted by Crippen LogP contribution is -2.11. The van der Waals surface area contributed by atoms with Gasteiger partial charge in [-0.15, -0.1) is 0 Å². The third-order valence-corrected chi connectivity index (χ3v) is 2.49. The molecule has 0 bridgehead atoms. The monoisotopic (exact) mass is 206 g/mol. The van der Waals surface area contributed by atoms with E-state index in [1.54, 1.807) is 7.11 Å².